The maximum absolute atomic E-state index is 4.88. The van der Waals surface area contributed by atoms with Gasteiger partial charge in [-0.15, -0.1) is 0 Å². The minimum Gasteiger partial charge on any atom is -0.444 e. The fourth-order valence-corrected chi connectivity index (χ4v) is 0.472. The van der Waals surface area contributed by atoms with Crippen molar-refractivity contribution >= 4 is 6.08 Å². The second-order valence-electron chi connectivity index (χ2n) is 2.07. The van der Waals surface area contributed by atoms with E-state index in [2.05, 4.69) is 4.98 Å². The second kappa shape index (κ2) is 14.2. The molecule has 1 rings (SSSR count). The highest BCUT2D eigenvalue weighted by molar-refractivity contribution is 5.39. The topological polar surface area (TPSA) is 26.0 Å². The molecule has 0 aromatic carbocycles. The highest BCUT2D eigenvalue weighted by Crippen LogP contribution is 1.97. The molecule has 80 valence electrons. The highest BCUT2D eigenvalue weighted by Gasteiger charge is 1.83. The number of oxazole rings is 1. The number of aromatic nitrogens is 1. The van der Waals surface area contributed by atoms with Crippen molar-refractivity contribution in [2.75, 3.05) is 0 Å². The predicted molar refractivity (Wildman–Crippen MR) is 63.0 cm³/mol. The predicted octanol–water partition coefficient (Wildman–Crippen LogP) is 4.32. The molecule has 0 N–H and O–H groups in total. The summed E-state index contributed by atoms with van der Waals surface area (Å²) in [4.78, 5) is 3.72. The summed E-state index contributed by atoms with van der Waals surface area (Å²) < 4.78 is 4.88. The lowest BCUT2D eigenvalue weighted by atomic mass is 10.4. The Hall–Kier alpha value is -1.31. The Morgan fingerprint density at radius 1 is 1.07 bits per heavy atom. The van der Waals surface area contributed by atoms with Gasteiger partial charge >= 0.3 is 0 Å². The van der Waals surface area contributed by atoms with Crippen LogP contribution in [0.15, 0.2) is 35.2 Å². The molecule has 0 saturated carbocycles. The summed E-state index contributed by atoms with van der Waals surface area (Å²) >= 11 is 0. The van der Waals surface area contributed by atoms with Crippen LogP contribution in [0.2, 0.25) is 0 Å². The zero-order chi connectivity index (χ0) is 11.2. The van der Waals surface area contributed by atoms with Crippen LogP contribution >= 0.6 is 0 Å². The van der Waals surface area contributed by atoms with Crippen LogP contribution in [-0.2, 0) is 0 Å². The van der Waals surface area contributed by atoms with Gasteiger partial charge in [-0.1, -0.05) is 32.1 Å². The van der Waals surface area contributed by atoms with E-state index in [9.17, 15) is 0 Å². The third-order valence-corrected chi connectivity index (χ3v) is 1.12. The van der Waals surface area contributed by atoms with Gasteiger partial charge in [0.2, 0.25) is 0 Å². The zero-order valence-corrected chi connectivity index (χ0v) is 9.82. The van der Waals surface area contributed by atoms with Crippen molar-refractivity contribution in [3.63, 3.8) is 0 Å². The van der Waals surface area contributed by atoms with E-state index in [0.717, 1.165) is 5.76 Å². The molecular formula is C12H21NO. The first-order chi connectivity index (χ1) is 6.85. The van der Waals surface area contributed by atoms with E-state index in [-0.39, 0.29) is 0 Å². The van der Waals surface area contributed by atoms with Gasteiger partial charge in [-0.05, 0) is 26.8 Å². The van der Waals surface area contributed by atoms with Crippen LogP contribution in [0.25, 0.3) is 6.08 Å². The Kier molecular flexibility index (Phi) is 15.4. The molecule has 0 aliphatic heterocycles. The third-order valence-electron chi connectivity index (χ3n) is 1.12. The first-order valence-electron chi connectivity index (χ1n) is 4.93. The average Bonchev–Trinajstić information content (AvgIpc) is 2.75. The summed E-state index contributed by atoms with van der Waals surface area (Å²) in [5.41, 5.74) is 0. The average molecular weight is 195 g/mol. The van der Waals surface area contributed by atoms with Crippen LogP contribution in [0, 0.1) is 0 Å². The van der Waals surface area contributed by atoms with E-state index in [1.165, 1.54) is 6.39 Å². The molecule has 1 aromatic rings. The van der Waals surface area contributed by atoms with Gasteiger partial charge in [0.1, 0.15) is 5.76 Å². The Labute approximate surface area is 87.4 Å². The summed E-state index contributed by atoms with van der Waals surface area (Å²) in [7, 11) is 0. The smallest absolute Gasteiger partial charge is 0.181 e. The number of hydrogen-bond acceptors (Lipinski definition) is 2. The number of nitrogens with zero attached hydrogens (tertiary/aromatic N) is 1. The Balaban J connectivity index is 0. The molecule has 1 aromatic heterocycles. The molecule has 0 amide bonds. The number of hydrogen-bond donors (Lipinski definition) is 0. The SMILES string of the molecule is C/C=C/c1cnco1.C/C=C\C.CC. The van der Waals surface area contributed by atoms with E-state index in [4.69, 9.17) is 4.42 Å². The van der Waals surface area contributed by atoms with Gasteiger partial charge in [0.15, 0.2) is 6.39 Å². The summed E-state index contributed by atoms with van der Waals surface area (Å²) in [5, 5.41) is 0. The molecule has 0 saturated heterocycles. The highest BCUT2D eigenvalue weighted by atomic mass is 16.3. The van der Waals surface area contributed by atoms with Crippen molar-refractivity contribution in [2.24, 2.45) is 0 Å². The largest absolute Gasteiger partial charge is 0.444 e. The summed E-state index contributed by atoms with van der Waals surface area (Å²) in [5.74, 6) is 0.799. The van der Waals surface area contributed by atoms with Gasteiger partial charge in [-0.2, -0.15) is 0 Å². The van der Waals surface area contributed by atoms with E-state index < -0.39 is 0 Å². The lowest BCUT2D eigenvalue weighted by Gasteiger charge is -1.74. The minimum atomic E-state index is 0.799. The van der Waals surface area contributed by atoms with Crippen LogP contribution < -0.4 is 0 Å². The van der Waals surface area contributed by atoms with Crippen molar-refractivity contribution < 1.29 is 4.42 Å². The lowest BCUT2D eigenvalue weighted by Crippen LogP contribution is -1.55. The molecule has 0 spiro atoms. The minimum absolute atomic E-state index is 0.799. The van der Waals surface area contributed by atoms with Gasteiger partial charge in [0.25, 0.3) is 0 Å². The molecule has 0 radical (unpaired) electrons. The molecule has 0 aliphatic carbocycles. The molecule has 0 atom stereocenters. The van der Waals surface area contributed by atoms with Crippen molar-refractivity contribution in [3.05, 3.63) is 36.6 Å². The fourth-order valence-electron chi connectivity index (χ4n) is 0.472. The van der Waals surface area contributed by atoms with E-state index in [1.54, 1.807) is 6.20 Å². The number of allylic oxidation sites excluding steroid dienone is 3. The molecule has 0 unspecified atom stereocenters. The van der Waals surface area contributed by atoms with Gasteiger partial charge in [0.05, 0.1) is 6.20 Å². The Morgan fingerprint density at radius 2 is 1.64 bits per heavy atom. The summed E-state index contributed by atoms with van der Waals surface area (Å²) in [6.45, 7) is 9.93. The maximum atomic E-state index is 4.88. The standard InChI is InChI=1S/C6H7NO.C4H8.C2H6/c1-2-3-6-4-7-5-8-6;1-3-4-2;1-2/h2-5H,1H3;3-4H,1-2H3;1-2H3/b3-2+;4-3-;. The molecule has 1 heterocycles. The van der Waals surface area contributed by atoms with Crippen LogP contribution in [-0.4, -0.2) is 4.98 Å². The van der Waals surface area contributed by atoms with Gasteiger partial charge < -0.3 is 4.42 Å². The molecule has 14 heavy (non-hydrogen) atoms. The van der Waals surface area contributed by atoms with E-state index in [1.807, 2.05) is 58.9 Å². The van der Waals surface area contributed by atoms with Crippen LogP contribution in [0.1, 0.15) is 40.4 Å². The van der Waals surface area contributed by atoms with Crippen molar-refractivity contribution in [1.29, 1.82) is 0 Å². The zero-order valence-electron chi connectivity index (χ0n) is 9.82. The number of rotatable bonds is 1. The van der Waals surface area contributed by atoms with Gasteiger partial charge in [0, 0.05) is 0 Å². The fraction of sp³-hybridized carbons (Fsp3) is 0.417. The normalized spacial score (nSPS) is 9.21. The molecular weight excluding hydrogens is 174 g/mol. The third kappa shape index (κ3) is 10.7. The van der Waals surface area contributed by atoms with E-state index in [0.29, 0.717) is 0 Å². The molecule has 0 bridgehead atoms. The van der Waals surface area contributed by atoms with Crippen LogP contribution in [0.5, 0.6) is 0 Å². The first kappa shape index (κ1) is 15.2. The second-order valence-corrected chi connectivity index (χ2v) is 2.07. The maximum Gasteiger partial charge on any atom is 0.181 e. The van der Waals surface area contributed by atoms with Crippen molar-refractivity contribution in [2.45, 2.75) is 34.6 Å². The lowest BCUT2D eigenvalue weighted by molar-refractivity contribution is 0.548. The Bertz CT molecular complexity index is 218. The summed E-state index contributed by atoms with van der Waals surface area (Å²) in [6, 6.07) is 0. The summed E-state index contributed by atoms with van der Waals surface area (Å²) in [6.07, 6.45) is 10.8. The monoisotopic (exact) mass is 195 g/mol. The van der Waals surface area contributed by atoms with Gasteiger partial charge in [-0.3, -0.25) is 0 Å². The van der Waals surface area contributed by atoms with Crippen LogP contribution in [0.3, 0.4) is 0 Å². The first-order valence-corrected chi connectivity index (χ1v) is 4.93. The molecule has 2 nitrogen and oxygen atoms in total. The van der Waals surface area contributed by atoms with E-state index >= 15 is 0 Å². The van der Waals surface area contributed by atoms with Crippen LogP contribution in [0.4, 0.5) is 0 Å². The molecule has 0 fully saturated rings. The Morgan fingerprint density at radius 3 is 1.93 bits per heavy atom. The van der Waals surface area contributed by atoms with Gasteiger partial charge in [-0.25, -0.2) is 4.98 Å². The molecule has 0 aliphatic rings. The molecule has 2 heteroatoms. The quantitative estimate of drug-likeness (QED) is 0.624. The van der Waals surface area contributed by atoms with Crippen molar-refractivity contribution in [3.8, 4) is 0 Å². The van der Waals surface area contributed by atoms with Crippen molar-refractivity contribution in [1.82, 2.24) is 4.98 Å².